The van der Waals surface area contributed by atoms with Crippen LogP contribution in [0.15, 0.2) is 0 Å². The van der Waals surface area contributed by atoms with Crippen molar-refractivity contribution in [3.8, 4) is 0 Å². The van der Waals surface area contributed by atoms with Crippen LogP contribution in [-0.2, 0) is 9.09 Å². The van der Waals surface area contributed by atoms with E-state index in [1.54, 1.807) is 0 Å². The molecule has 0 saturated carbocycles. The minimum atomic E-state index is -3.26. The molecule has 0 radical (unpaired) electrons. The van der Waals surface area contributed by atoms with Crippen molar-refractivity contribution >= 4 is 8.25 Å². The van der Waals surface area contributed by atoms with Crippen molar-refractivity contribution in [2.75, 3.05) is 13.2 Å². The fraction of sp³-hybridized carbons (Fsp3) is 1.00. The van der Waals surface area contributed by atoms with Gasteiger partial charge in [0.2, 0.25) is 0 Å². The van der Waals surface area contributed by atoms with Crippen LogP contribution in [0.5, 0.6) is 0 Å². The molecule has 0 saturated heterocycles. The molecule has 0 bridgehead atoms. The van der Waals surface area contributed by atoms with E-state index in [1.807, 2.05) is 0 Å². The quantitative estimate of drug-likeness (QED) is 0.318. The van der Waals surface area contributed by atoms with Crippen LogP contribution < -0.4 is 0 Å². The Labute approximate surface area is 70.4 Å². The lowest BCUT2D eigenvalue weighted by Crippen LogP contribution is -2.32. The van der Waals surface area contributed by atoms with Crippen LogP contribution in [-0.4, -0.2) is 39.2 Å². The summed E-state index contributed by atoms with van der Waals surface area (Å²) < 4.78 is 14.5. The van der Waals surface area contributed by atoms with Crippen LogP contribution >= 0.6 is 8.25 Å². The zero-order valence-electron chi connectivity index (χ0n) is 6.43. The van der Waals surface area contributed by atoms with Crippen LogP contribution in [0.25, 0.3) is 0 Å². The summed E-state index contributed by atoms with van der Waals surface area (Å²) in [6.07, 6.45) is -0.408. The van der Waals surface area contributed by atoms with E-state index < -0.39 is 14.0 Å². The van der Waals surface area contributed by atoms with Gasteiger partial charge in [0.15, 0.2) is 5.79 Å². The fourth-order valence-corrected chi connectivity index (χ4v) is 1.27. The fourth-order valence-electron chi connectivity index (χ4n) is 0.739. The Morgan fingerprint density at radius 1 is 1.25 bits per heavy atom. The van der Waals surface area contributed by atoms with Crippen LogP contribution in [0.1, 0.15) is 12.8 Å². The summed E-state index contributed by atoms with van der Waals surface area (Å²) >= 11 is 0. The molecule has 0 aromatic heterocycles. The van der Waals surface area contributed by atoms with Gasteiger partial charge in [0.05, 0.1) is 0 Å². The Morgan fingerprint density at radius 2 is 1.67 bits per heavy atom. The first-order chi connectivity index (χ1) is 5.54. The minimum Gasteiger partial charge on any atom is -0.396 e. The molecule has 1 unspecified atom stereocenters. The second-order valence-corrected chi connectivity index (χ2v) is 3.00. The summed E-state index contributed by atoms with van der Waals surface area (Å²) in [6.45, 7) is -0.767. The normalized spacial score (nSPS) is 14.7. The van der Waals surface area contributed by atoms with Gasteiger partial charge in [-0.25, -0.2) is 0 Å². The molecular formula is C5H13O6P. The van der Waals surface area contributed by atoms with Gasteiger partial charge in [-0.15, -0.1) is 0 Å². The predicted molar refractivity (Wildman–Crippen MR) is 40.7 cm³/mol. The Morgan fingerprint density at radius 3 is 1.92 bits per heavy atom. The molecular weight excluding hydrogens is 187 g/mol. The molecule has 0 aliphatic rings. The van der Waals surface area contributed by atoms with Gasteiger partial charge in [0, 0.05) is 26.1 Å². The van der Waals surface area contributed by atoms with Crippen molar-refractivity contribution < 1.29 is 29.3 Å². The molecule has 0 heterocycles. The Balaban J connectivity index is 4.07. The van der Waals surface area contributed by atoms with Gasteiger partial charge in [-0.2, -0.15) is 0 Å². The average Bonchev–Trinajstić information content (AvgIpc) is 1.85. The molecule has 4 N–H and O–H groups in total. The summed E-state index contributed by atoms with van der Waals surface area (Å²) in [5, 5.41) is 26.2. The summed E-state index contributed by atoms with van der Waals surface area (Å²) in [4.78, 5) is 8.34. The SMILES string of the molecule is O=[PH](O)OC(O)(CCO)CCO. The van der Waals surface area contributed by atoms with Gasteiger partial charge in [-0.05, 0) is 0 Å². The third kappa shape index (κ3) is 4.82. The van der Waals surface area contributed by atoms with Crippen LogP contribution in [0.3, 0.4) is 0 Å². The second kappa shape index (κ2) is 5.64. The highest BCUT2D eigenvalue weighted by molar-refractivity contribution is 7.32. The molecule has 0 fully saturated rings. The zero-order chi connectivity index (χ0) is 9.61. The predicted octanol–water partition coefficient (Wildman–Crippen LogP) is -1.16. The zero-order valence-corrected chi connectivity index (χ0v) is 7.43. The van der Waals surface area contributed by atoms with Crippen molar-refractivity contribution in [2.45, 2.75) is 18.6 Å². The van der Waals surface area contributed by atoms with Crippen molar-refractivity contribution in [3.63, 3.8) is 0 Å². The van der Waals surface area contributed by atoms with Crippen molar-refractivity contribution in [1.29, 1.82) is 0 Å². The number of hydrogen-bond acceptors (Lipinski definition) is 5. The van der Waals surface area contributed by atoms with E-state index in [0.717, 1.165) is 0 Å². The van der Waals surface area contributed by atoms with Gasteiger partial charge in [-0.3, -0.25) is 9.09 Å². The van der Waals surface area contributed by atoms with E-state index in [-0.39, 0.29) is 26.1 Å². The number of aliphatic hydroxyl groups excluding tert-OH is 2. The Hall–Kier alpha value is 0.0300. The van der Waals surface area contributed by atoms with Crippen LogP contribution in [0.4, 0.5) is 0 Å². The van der Waals surface area contributed by atoms with E-state index in [9.17, 15) is 9.67 Å². The second-order valence-electron chi connectivity index (χ2n) is 2.26. The van der Waals surface area contributed by atoms with Gasteiger partial charge >= 0.3 is 8.25 Å². The maximum absolute atomic E-state index is 10.2. The number of aliphatic hydroxyl groups is 3. The lowest BCUT2D eigenvalue weighted by atomic mass is 10.1. The lowest BCUT2D eigenvalue weighted by Gasteiger charge is -2.24. The monoisotopic (exact) mass is 200 g/mol. The van der Waals surface area contributed by atoms with Crippen molar-refractivity contribution in [3.05, 3.63) is 0 Å². The molecule has 0 aliphatic carbocycles. The largest absolute Gasteiger partial charge is 0.396 e. The summed E-state index contributed by atoms with van der Waals surface area (Å²) in [6, 6.07) is 0. The molecule has 0 spiro atoms. The highest BCUT2D eigenvalue weighted by Gasteiger charge is 2.28. The maximum Gasteiger partial charge on any atom is 0.319 e. The summed E-state index contributed by atoms with van der Waals surface area (Å²) in [5.41, 5.74) is 0. The molecule has 6 nitrogen and oxygen atoms in total. The van der Waals surface area contributed by atoms with Gasteiger partial charge in [0.1, 0.15) is 0 Å². The number of rotatable bonds is 6. The molecule has 0 aromatic carbocycles. The summed E-state index contributed by atoms with van der Waals surface area (Å²) in [7, 11) is -3.26. The highest BCUT2D eigenvalue weighted by Crippen LogP contribution is 2.28. The molecule has 7 heteroatoms. The van der Waals surface area contributed by atoms with E-state index in [2.05, 4.69) is 4.52 Å². The van der Waals surface area contributed by atoms with E-state index >= 15 is 0 Å². The first-order valence-corrected chi connectivity index (χ1v) is 4.66. The highest BCUT2D eigenvalue weighted by atomic mass is 31.1. The Kier molecular flexibility index (Phi) is 5.65. The Bertz CT molecular complexity index is 143. The first-order valence-electron chi connectivity index (χ1n) is 3.40. The summed E-state index contributed by atoms with van der Waals surface area (Å²) in [5.74, 6) is -1.89. The van der Waals surface area contributed by atoms with Gasteiger partial charge in [-0.1, -0.05) is 0 Å². The van der Waals surface area contributed by atoms with Gasteiger partial charge < -0.3 is 20.2 Å². The average molecular weight is 200 g/mol. The standard InChI is InChI=1S/C5H13O6P/c6-3-1-5(8,2-4-7)11-12(9)10/h6-8,12H,1-4H2,(H,9,10). The van der Waals surface area contributed by atoms with E-state index in [0.29, 0.717) is 0 Å². The topological polar surface area (TPSA) is 107 Å². The molecule has 1 atom stereocenters. The van der Waals surface area contributed by atoms with Crippen LogP contribution in [0.2, 0.25) is 0 Å². The van der Waals surface area contributed by atoms with Crippen molar-refractivity contribution in [1.82, 2.24) is 0 Å². The molecule has 0 aliphatic heterocycles. The molecule has 0 amide bonds. The van der Waals surface area contributed by atoms with Crippen LogP contribution in [0, 0.1) is 0 Å². The maximum atomic E-state index is 10.2. The molecule has 74 valence electrons. The molecule has 12 heavy (non-hydrogen) atoms. The minimum absolute atomic E-state index is 0.204. The van der Waals surface area contributed by atoms with E-state index in [4.69, 9.17) is 15.1 Å². The smallest absolute Gasteiger partial charge is 0.319 e. The van der Waals surface area contributed by atoms with Gasteiger partial charge in [0.25, 0.3) is 0 Å². The first kappa shape index (κ1) is 12.0. The number of hydrogen-bond donors (Lipinski definition) is 4. The van der Waals surface area contributed by atoms with Crippen molar-refractivity contribution in [2.24, 2.45) is 0 Å². The lowest BCUT2D eigenvalue weighted by molar-refractivity contribution is -0.159. The third-order valence-electron chi connectivity index (χ3n) is 1.28. The third-order valence-corrected chi connectivity index (χ3v) is 1.84. The molecule has 0 rings (SSSR count). The molecule has 0 aromatic rings. The van der Waals surface area contributed by atoms with E-state index in [1.165, 1.54) is 0 Å².